The van der Waals surface area contributed by atoms with Gasteiger partial charge >= 0.3 is 0 Å². The van der Waals surface area contributed by atoms with Crippen LogP contribution in [0.5, 0.6) is 0 Å². The minimum atomic E-state index is 0.431. The summed E-state index contributed by atoms with van der Waals surface area (Å²) in [5.74, 6) is 1.19. The first-order valence-corrected chi connectivity index (χ1v) is 8.01. The Morgan fingerprint density at radius 2 is 1.96 bits per heavy atom. The molecule has 4 rings (SSSR count). The zero-order valence-electron chi connectivity index (χ0n) is 13.4. The van der Waals surface area contributed by atoms with Gasteiger partial charge in [-0.25, -0.2) is 4.68 Å². The van der Waals surface area contributed by atoms with Gasteiger partial charge in [-0.2, -0.15) is 5.10 Å². The summed E-state index contributed by atoms with van der Waals surface area (Å²) < 4.78 is 9.17. The predicted molar refractivity (Wildman–Crippen MR) is 81.6 cm³/mol. The summed E-state index contributed by atoms with van der Waals surface area (Å²) in [5, 5.41) is 21.1. The molecule has 0 aliphatic heterocycles. The molecule has 1 aliphatic rings. The molecule has 3 heterocycles. The summed E-state index contributed by atoms with van der Waals surface area (Å²) in [5.41, 5.74) is 4.44. The van der Waals surface area contributed by atoms with Crippen LogP contribution in [0.2, 0.25) is 0 Å². The highest BCUT2D eigenvalue weighted by Gasteiger charge is 2.22. The number of aromatic nitrogens is 7. The van der Waals surface area contributed by atoms with E-state index >= 15 is 0 Å². The van der Waals surface area contributed by atoms with Crippen LogP contribution in [0.3, 0.4) is 0 Å². The summed E-state index contributed by atoms with van der Waals surface area (Å²) in [4.78, 5) is 0. The Morgan fingerprint density at radius 3 is 2.78 bits per heavy atom. The highest BCUT2D eigenvalue weighted by Crippen LogP contribution is 2.29. The van der Waals surface area contributed by atoms with Gasteiger partial charge in [0, 0.05) is 19.0 Å². The maximum absolute atomic E-state index is 5.52. The van der Waals surface area contributed by atoms with Crippen LogP contribution < -0.4 is 0 Å². The molecule has 0 radical (unpaired) electrons. The van der Waals surface area contributed by atoms with Crippen LogP contribution in [0, 0.1) is 0 Å². The minimum absolute atomic E-state index is 0.431. The summed E-state index contributed by atoms with van der Waals surface area (Å²) in [7, 11) is 1.97. The van der Waals surface area contributed by atoms with Crippen molar-refractivity contribution in [3.05, 3.63) is 29.2 Å². The highest BCUT2D eigenvalue weighted by atomic mass is 16.4. The molecule has 0 amide bonds. The molecule has 3 aromatic heterocycles. The maximum atomic E-state index is 5.52. The van der Waals surface area contributed by atoms with E-state index in [0.717, 1.165) is 30.7 Å². The Kier molecular flexibility index (Phi) is 3.44. The van der Waals surface area contributed by atoms with Crippen LogP contribution in [0.4, 0.5) is 0 Å². The van der Waals surface area contributed by atoms with Crippen molar-refractivity contribution >= 4 is 0 Å². The third-order valence-corrected chi connectivity index (χ3v) is 4.21. The van der Waals surface area contributed by atoms with E-state index in [-0.39, 0.29) is 0 Å². The normalized spacial score (nSPS) is 14.2. The van der Waals surface area contributed by atoms with Crippen molar-refractivity contribution in [2.75, 3.05) is 0 Å². The van der Waals surface area contributed by atoms with Gasteiger partial charge in [-0.3, -0.25) is 4.68 Å². The fourth-order valence-electron chi connectivity index (χ4n) is 3.12. The van der Waals surface area contributed by atoms with Gasteiger partial charge in [0.1, 0.15) is 12.2 Å². The molecular weight excluding hydrogens is 294 g/mol. The van der Waals surface area contributed by atoms with E-state index in [4.69, 9.17) is 4.42 Å². The van der Waals surface area contributed by atoms with E-state index in [0.29, 0.717) is 18.3 Å². The lowest BCUT2D eigenvalue weighted by Gasteiger charge is -2.09. The molecule has 0 saturated carbocycles. The number of aryl methyl sites for hydroxylation is 3. The van der Waals surface area contributed by atoms with Gasteiger partial charge in [-0.05, 0) is 25.7 Å². The van der Waals surface area contributed by atoms with E-state index < -0.39 is 0 Å². The standard InChI is InChI=1S/C15H19N7O/c1-3-13-17-18-14(23-13)9-22-8-12(16-20-22)15-10-6-4-5-7-11(10)19-21(15)2/h8H,3-7,9H2,1-2H3. The van der Waals surface area contributed by atoms with Crippen molar-refractivity contribution in [1.29, 1.82) is 0 Å². The quantitative estimate of drug-likeness (QED) is 0.726. The van der Waals surface area contributed by atoms with Crippen LogP contribution in [0.1, 0.15) is 42.8 Å². The van der Waals surface area contributed by atoms with Crippen molar-refractivity contribution < 1.29 is 4.42 Å². The third kappa shape index (κ3) is 2.54. The topological polar surface area (TPSA) is 87.5 Å². The van der Waals surface area contributed by atoms with E-state index in [1.807, 2.05) is 24.9 Å². The smallest absolute Gasteiger partial charge is 0.237 e. The Balaban J connectivity index is 1.62. The zero-order valence-corrected chi connectivity index (χ0v) is 13.4. The molecule has 0 bridgehead atoms. The molecule has 0 unspecified atom stereocenters. The largest absolute Gasteiger partial charge is 0.423 e. The molecule has 8 heteroatoms. The van der Waals surface area contributed by atoms with E-state index in [9.17, 15) is 0 Å². The van der Waals surface area contributed by atoms with E-state index in [1.165, 1.54) is 24.1 Å². The maximum Gasteiger partial charge on any atom is 0.237 e. The summed E-state index contributed by atoms with van der Waals surface area (Å²) in [6.45, 7) is 2.41. The van der Waals surface area contributed by atoms with Gasteiger partial charge in [0.2, 0.25) is 11.8 Å². The van der Waals surface area contributed by atoms with Crippen LogP contribution in [-0.4, -0.2) is 35.0 Å². The van der Waals surface area contributed by atoms with E-state index in [2.05, 4.69) is 25.6 Å². The molecule has 0 atom stereocenters. The molecule has 1 aliphatic carbocycles. The van der Waals surface area contributed by atoms with Gasteiger partial charge in [-0.1, -0.05) is 12.1 Å². The average Bonchev–Trinajstić information content (AvgIpc) is 3.25. The molecule has 8 nitrogen and oxygen atoms in total. The number of rotatable bonds is 4. The highest BCUT2D eigenvalue weighted by molar-refractivity contribution is 5.60. The number of hydrogen-bond acceptors (Lipinski definition) is 6. The molecule has 0 spiro atoms. The van der Waals surface area contributed by atoms with Crippen molar-refractivity contribution in [3.8, 4) is 11.4 Å². The Morgan fingerprint density at radius 1 is 1.13 bits per heavy atom. The van der Waals surface area contributed by atoms with Crippen LogP contribution in [-0.2, 0) is 32.9 Å². The third-order valence-electron chi connectivity index (χ3n) is 4.21. The fraction of sp³-hybridized carbons (Fsp3) is 0.533. The molecular formula is C15H19N7O. The lowest BCUT2D eigenvalue weighted by atomic mass is 9.95. The second-order valence-electron chi connectivity index (χ2n) is 5.85. The minimum Gasteiger partial charge on any atom is -0.423 e. The second-order valence-corrected chi connectivity index (χ2v) is 5.85. The molecule has 3 aromatic rings. The Hall–Kier alpha value is -2.51. The lowest BCUT2D eigenvalue weighted by Crippen LogP contribution is -2.01. The first-order chi connectivity index (χ1) is 11.2. The van der Waals surface area contributed by atoms with Gasteiger partial charge in [-0.15, -0.1) is 15.3 Å². The number of nitrogens with zero attached hydrogens (tertiary/aromatic N) is 7. The predicted octanol–water partition coefficient (Wildman–Crippen LogP) is 1.55. The summed E-state index contributed by atoms with van der Waals surface area (Å²) >= 11 is 0. The second kappa shape index (κ2) is 5.60. The van der Waals surface area contributed by atoms with E-state index in [1.54, 1.807) is 4.68 Å². The van der Waals surface area contributed by atoms with Gasteiger partial charge in [0.05, 0.1) is 17.6 Å². The fourth-order valence-corrected chi connectivity index (χ4v) is 3.12. The number of hydrogen-bond donors (Lipinski definition) is 0. The summed E-state index contributed by atoms with van der Waals surface area (Å²) in [6, 6.07) is 0. The summed E-state index contributed by atoms with van der Waals surface area (Å²) in [6.07, 6.45) is 7.20. The first-order valence-electron chi connectivity index (χ1n) is 8.01. The lowest BCUT2D eigenvalue weighted by molar-refractivity contribution is 0.430. The van der Waals surface area contributed by atoms with Gasteiger partial charge in [0.15, 0.2) is 0 Å². The van der Waals surface area contributed by atoms with Crippen LogP contribution in [0.25, 0.3) is 11.4 Å². The van der Waals surface area contributed by atoms with Crippen LogP contribution in [0.15, 0.2) is 10.6 Å². The van der Waals surface area contributed by atoms with Crippen LogP contribution >= 0.6 is 0 Å². The van der Waals surface area contributed by atoms with Gasteiger partial charge in [0.25, 0.3) is 0 Å². The first kappa shape index (κ1) is 14.1. The Bertz CT molecular complexity index is 829. The molecule has 0 N–H and O–H groups in total. The van der Waals surface area contributed by atoms with Crippen molar-refractivity contribution in [2.24, 2.45) is 7.05 Å². The monoisotopic (exact) mass is 313 g/mol. The number of fused-ring (bicyclic) bond motifs is 1. The van der Waals surface area contributed by atoms with Crippen molar-refractivity contribution in [2.45, 2.75) is 45.6 Å². The Labute approximate surface area is 133 Å². The molecule has 120 valence electrons. The molecule has 0 saturated heterocycles. The average molecular weight is 313 g/mol. The van der Waals surface area contributed by atoms with Crippen molar-refractivity contribution in [1.82, 2.24) is 35.0 Å². The molecule has 0 fully saturated rings. The SMILES string of the molecule is CCc1nnc(Cn2cc(-c3c4c(nn3C)CCCC4)nn2)o1. The van der Waals surface area contributed by atoms with Gasteiger partial charge < -0.3 is 4.42 Å². The molecule has 23 heavy (non-hydrogen) atoms. The molecule has 0 aromatic carbocycles. The van der Waals surface area contributed by atoms with Crippen molar-refractivity contribution in [3.63, 3.8) is 0 Å². The zero-order chi connectivity index (χ0) is 15.8.